The molecule has 1 aromatic rings. The zero-order chi connectivity index (χ0) is 17.3. The number of rotatable bonds is 4. The molecule has 6 nitrogen and oxygen atoms in total. The molecule has 0 unspecified atom stereocenters. The van der Waals surface area contributed by atoms with Gasteiger partial charge < -0.3 is 15.4 Å². The maximum Gasteiger partial charge on any atom is 0.407 e. The topological polar surface area (TPSA) is 68.2 Å². The van der Waals surface area contributed by atoms with Crippen LogP contribution in [0.2, 0.25) is 0 Å². The van der Waals surface area contributed by atoms with E-state index in [1.165, 1.54) is 5.56 Å². The van der Waals surface area contributed by atoms with E-state index < -0.39 is 5.60 Å². The standard InChI is InChI=1S/C17H30N4O2/c1-16(2,3)21-11-12(10-19-21)9-18-13-7-14(8-13)20-15(22)23-17(4,5)6/h10-11,13-14,18H,7-9H2,1-6H3,(H,20,22). The predicted molar refractivity (Wildman–Crippen MR) is 90.2 cm³/mol. The molecular weight excluding hydrogens is 292 g/mol. The van der Waals surface area contributed by atoms with Crippen molar-refractivity contribution < 1.29 is 9.53 Å². The molecule has 130 valence electrons. The van der Waals surface area contributed by atoms with Gasteiger partial charge in [0, 0.05) is 30.4 Å². The van der Waals surface area contributed by atoms with Crippen LogP contribution in [0.3, 0.4) is 0 Å². The lowest BCUT2D eigenvalue weighted by molar-refractivity contribution is 0.0465. The molecule has 2 N–H and O–H groups in total. The second-order valence-electron chi connectivity index (χ2n) is 8.36. The Labute approximate surface area is 139 Å². The SMILES string of the molecule is CC(C)(C)OC(=O)NC1CC(NCc2cnn(C(C)(C)C)c2)C1. The van der Waals surface area contributed by atoms with Gasteiger partial charge in [-0.3, -0.25) is 4.68 Å². The Kier molecular flexibility index (Phi) is 5.04. The van der Waals surface area contributed by atoms with Crippen molar-refractivity contribution in [2.24, 2.45) is 0 Å². The van der Waals surface area contributed by atoms with Gasteiger partial charge in [0.2, 0.25) is 0 Å². The summed E-state index contributed by atoms with van der Waals surface area (Å²) in [5.74, 6) is 0. The summed E-state index contributed by atoms with van der Waals surface area (Å²) in [6, 6.07) is 0.646. The average molecular weight is 322 g/mol. The molecule has 1 fully saturated rings. The lowest BCUT2D eigenvalue weighted by atomic mass is 9.87. The van der Waals surface area contributed by atoms with Crippen LogP contribution < -0.4 is 10.6 Å². The van der Waals surface area contributed by atoms with Crippen LogP contribution in [0.25, 0.3) is 0 Å². The number of alkyl carbamates (subject to hydrolysis) is 1. The number of hydrogen-bond donors (Lipinski definition) is 2. The molecule has 0 bridgehead atoms. The van der Waals surface area contributed by atoms with Crippen molar-refractivity contribution in [1.82, 2.24) is 20.4 Å². The molecule has 1 aliphatic carbocycles. The van der Waals surface area contributed by atoms with Gasteiger partial charge in [0.05, 0.1) is 11.7 Å². The monoisotopic (exact) mass is 322 g/mol. The Balaban J connectivity index is 1.67. The Morgan fingerprint density at radius 2 is 1.91 bits per heavy atom. The number of hydrogen-bond acceptors (Lipinski definition) is 4. The second kappa shape index (κ2) is 6.51. The summed E-state index contributed by atoms with van der Waals surface area (Å²) in [5, 5.41) is 10.8. The largest absolute Gasteiger partial charge is 0.444 e. The fraction of sp³-hybridized carbons (Fsp3) is 0.765. The number of amides is 1. The van der Waals surface area contributed by atoms with Crippen LogP contribution in [0.4, 0.5) is 4.79 Å². The van der Waals surface area contributed by atoms with Crippen molar-refractivity contribution in [1.29, 1.82) is 0 Å². The lowest BCUT2D eigenvalue weighted by Crippen LogP contribution is -2.52. The first kappa shape index (κ1) is 17.8. The minimum atomic E-state index is -0.446. The average Bonchev–Trinajstić information content (AvgIpc) is 2.77. The summed E-state index contributed by atoms with van der Waals surface area (Å²) >= 11 is 0. The Bertz CT molecular complexity index is 534. The lowest BCUT2D eigenvalue weighted by Gasteiger charge is -2.36. The molecule has 1 amide bonds. The molecule has 0 saturated heterocycles. The molecular formula is C17H30N4O2. The van der Waals surface area contributed by atoms with Crippen molar-refractivity contribution in [3.05, 3.63) is 18.0 Å². The fourth-order valence-corrected chi connectivity index (χ4v) is 2.46. The van der Waals surface area contributed by atoms with E-state index in [4.69, 9.17) is 4.74 Å². The molecule has 0 radical (unpaired) electrons. The quantitative estimate of drug-likeness (QED) is 0.894. The fourth-order valence-electron chi connectivity index (χ4n) is 2.46. The molecule has 6 heteroatoms. The number of carbonyl (C=O) groups excluding carboxylic acids is 1. The molecule has 0 aromatic carbocycles. The summed E-state index contributed by atoms with van der Waals surface area (Å²) in [4.78, 5) is 11.7. The first-order valence-electron chi connectivity index (χ1n) is 8.30. The zero-order valence-electron chi connectivity index (χ0n) is 15.1. The molecule has 1 saturated carbocycles. The van der Waals surface area contributed by atoms with Gasteiger partial charge in [0.15, 0.2) is 0 Å². The molecule has 0 spiro atoms. The first-order valence-corrected chi connectivity index (χ1v) is 8.30. The van der Waals surface area contributed by atoms with E-state index in [0.29, 0.717) is 6.04 Å². The van der Waals surface area contributed by atoms with Gasteiger partial charge >= 0.3 is 6.09 Å². The van der Waals surface area contributed by atoms with Crippen LogP contribution in [0, 0.1) is 0 Å². The number of nitrogens with one attached hydrogen (secondary N) is 2. The van der Waals surface area contributed by atoms with Crippen LogP contribution >= 0.6 is 0 Å². The molecule has 0 atom stereocenters. The third-order valence-electron chi connectivity index (χ3n) is 3.78. The third kappa shape index (κ3) is 5.53. The maximum absolute atomic E-state index is 11.7. The van der Waals surface area contributed by atoms with Gasteiger partial charge in [-0.05, 0) is 54.4 Å². The summed E-state index contributed by atoms with van der Waals surface area (Å²) < 4.78 is 7.25. The van der Waals surface area contributed by atoms with Crippen molar-refractivity contribution in [2.75, 3.05) is 0 Å². The van der Waals surface area contributed by atoms with Crippen molar-refractivity contribution >= 4 is 6.09 Å². The van der Waals surface area contributed by atoms with Gasteiger partial charge in [-0.1, -0.05) is 0 Å². The third-order valence-corrected chi connectivity index (χ3v) is 3.78. The van der Waals surface area contributed by atoms with E-state index in [-0.39, 0.29) is 17.7 Å². The van der Waals surface area contributed by atoms with Crippen molar-refractivity contribution in [3.63, 3.8) is 0 Å². The van der Waals surface area contributed by atoms with Gasteiger partial charge in [-0.2, -0.15) is 5.10 Å². The van der Waals surface area contributed by atoms with E-state index >= 15 is 0 Å². The predicted octanol–water partition coefficient (Wildman–Crippen LogP) is 2.78. The number of nitrogens with zero attached hydrogens (tertiary/aromatic N) is 2. The van der Waals surface area contributed by atoms with E-state index in [9.17, 15) is 4.79 Å². The summed E-state index contributed by atoms with van der Waals surface area (Å²) in [5.41, 5.74) is 0.749. The Morgan fingerprint density at radius 3 is 2.43 bits per heavy atom. The Hall–Kier alpha value is -1.56. The molecule has 1 aromatic heterocycles. The van der Waals surface area contributed by atoms with Crippen LogP contribution in [0.1, 0.15) is 59.9 Å². The molecule has 2 rings (SSSR count). The van der Waals surface area contributed by atoms with Crippen LogP contribution in [-0.2, 0) is 16.8 Å². The van der Waals surface area contributed by atoms with Crippen LogP contribution in [0.5, 0.6) is 0 Å². The van der Waals surface area contributed by atoms with E-state index in [1.54, 1.807) is 0 Å². The normalized spacial score (nSPS) is 21.7. The van der Waals surface area contributed by atoms with Crippen molar-refractivity contribution in [3.8, 4) is 0 Å². The molecule has 1 heterocycles. The van der Waals surface area contributed by atoms with Gasteiger partial charge in [-0.15, -0.1) is 0 Å². The first-order chi connectivity index (χ1) is 10.5. The van der Waals surface area contributed by atoms with Crippen LogP contribution in [-0.4, -0.2) is 33.6 Å². The smallest absolute Gasteiger partial charge is 0.407 e. The highest BCUT2D eigenvalue weighted by molar-refractivity contribution is 5.68. The summed E-state index contributed by atoms with van der Waals surface area (Å²) in [7, 11) is 0. The van der Waals surface area contributed by atoms with E-state index in [0.717, 1.165) is 19.4 Å². The van der Waals surface area contributed by atoms with E-state index in [1.807, 2.05) is 31.6 Å². The number of carbonyl (C=O) groups is 1. The minimum absolute atomic E-state index is 0.0111. The number of ether oxygens (including phenoxy) is 1. The van der Waals surface area contributed by atoms with Crippen molar-refractivity contribution in [2.45, 2.75) is 84.2 Å². The highest BCUT2D eigenvalue weighted by Gasteiger charge is 2.31. The van der Waals surface area contributed by atoms with E-state index in [2.05, 4.69) is 42.7 Å². The maximum atomic E-state index is 11.7. The Morgan fingerprint density at radius 1 is 1.26 bits per heavy atom. The molecule has 0 aliphatic heterocycles. The highest BCUT2D eigenvalue weighted by atomic mass is 16.6. The minimum Gasteiger partial charge on any atom is -0.444 e. The highest BCUT2D eigenvalue weighted by Crippen LogP contribution is 2.21. The summed E-state index contributed by atoms with van der Waals surface area (Å²) in [6.45, 7) is 12.8. The summed E-state index contributed by atoms with van der Waals surface area (Å²) in [6.07, 6.45) is 5.54. The number of aromatic nitrogens is 2. The van der Waals surface area contributed by atoms with Gasteiger partial charge in [-0.25, -0.2) is 4.79 Å². The second-order valence-corrected chi connectivity index (χ2v) is 8.36. The molecule has 23 heavy (non-hydrogen) atoms. The van der Waals surface area contributed by atoms with Crippen LogP contribution in [0.15, 0.2) is 12.4 Å². The zero-order valence-corrected chi connectivity index (χ0v) is 15.1. The van der Waals surface area contributed by atoms with Gasteiger partial charge in [0.25, 0.3) is 0 Å². The molecule has 1 aliphatic rings. The van der Waals surface area contributed by atoms with Gasteiger partial charge in [0.1, 0.15) is 5.60 Å².